The highest BCUT2D eigenvalue weighted by atomic mass is 32.2. The zero-order valence-electron chi connectivity index (χ0n) is 4.97. The second-order valence-corrected chi connectivity index (χ2v) is 2.89. The van der Waals surface area contributed by atoms with Gasteiger partial charge in [0.25, 0.3) is 0 Å². The predicted molar refractivity (Wildman–Crippen MR) is 33.0 cm³/mol. The molecule has 0 amide bonds. The number of rotatable bonds is 2. The van der Waals surface area contributed by atoms with Crippen LogP contribution in [0.1, 0.15) is 6.92 Å². The summed E-state index contributed by atoms with van der Waals surface area (Å²) in [4.78, 5) is 9.62. The van der Waals surface area contributed by atoms with Crippen molar-refractivity contribution in [2.24, 2.45) is 0 Å². The fraction of sp³-hybridized carbons (Fsp3) is 0.500. The lowest BCUT2D eigenvalue weighted by atomic mass is 10.7. The number of carboxylic acid groups (broad SMARTS) is 1. The van der Waals surface area contributed by atoms with Crippen LogP contribution in [0, 0.1) is 0 Å². The summed E-state index contributed by atoms with van der Waals surface area (Å²) >= 11 is 0. The Morgan fingerprint density at radius 3 is 2.20 bits per heavy atom. The van der Waals surface area contributed by atoms with Crippen molar-refractivity contribution in [3.05, 3.63) is 0 Å². The first kappa shape index (κ1) is 9.48. The van der Waals surface area contributed by atoms with Crippen LogP contribution in [-0.2, 0) is 4.79 Å². The van der Waals surface area contributed by atoms with Gasteiger partial charge in [-0.15, -0.1) is 0 Å². The minimum absolute atomic E-state index is 0.522. The molecule has 0 heterocycles. The van der Waals surface area contributed by atoms with Crippen LogP contribution in [0.3, 0.4) is 0 Å². The quantitative estimate of drug-likeness (QED) is 0.646. The van der Waals surface area contributed by atoms with E-state index in [2.05, 4.69) is 0 Å². The van der Waals surface area contributed by atoms with Crippen LogP contribution in [-0.4, -0.2) is 21.7 Å². The molecule has 0 bridgehead atoms. The summed E-state index contributed by atoms with van der Waals surface area (Å²) in [5, 5.41) is 3.99. The lowest BCUT2D eigenvalue weighted by Crippen LogP contribution is -2.24. The van der Waals surface area contributed by atoms with Gasteiger partial charge in [0.1, 0.15) is 0 Å². The Morgan fingerprint density at radius 1 is 1.70 bits per heavy atom. The second kappa shape index (κ2) is 3.05. The maximum Gasteiger partial charge on any atom is 0.409 e. The van der Waals surface area contributed by atoms with Gasteiger partial charge in [-0.1, -0.05) is 0 Å². The van der Waals surface area contributed by atoms with Crippen molar-refractivity contribution in [3.63, 3.8) is 0 Å². The van der Waals surface area contributed by atoms with Crippen LogP contribution in [0.15, 0.2) is 0 Å². The van der Waals surface area contributed by atoms with E-state index in [4.69, 9.17) is 5.11 Å². The molecule has 0 aromatic rings. The molecule has 1 N–H and O–H groups in total. The van der Waals surface area contributed by atoms with Gasteiger partial charge in [0.05, 0.1) is 10.9 Å². The molecule has 0 aliphatic rings. The molecule has 60 valence electrons. The van der Waals surface area contributed by atoms with Gasteiger partial charge in [0, 0.05) is 0 Å². The molecule has 10 heavy (non-hydrogen) atoms. The van der Waals surface area contributed by atoms with Gasteiger partial charge >= 0.3 is 11.2 Å². The molecule has 1 atom stereocenters. The predicted octanol–water partition coefficient (Wildman–Crippen LogP) is 1.64. The van der Waals surface area contributed by atoms with E-state index in [0.29, 0.717) is 5.37 Å². The zero-order chi connectivity index (χ0) is 8.36. The number of halogens is 3. The minimum atomic E-state index is -4.27. The number of hydrogen-bond donors (Lipinski definition) is 1. The first-order chi connectivity index (χ1) is 4.42. The first-order valence-corrected chi connectivity index (χ1v) is 3.42. The Morgan fingerprint density at radius 2 is 2.10 bits per heavy atom. The molecule has 0 aliphatic carbocycles. The van der Waals surface area contributed by atoms with Gasteiger partial charge in [-0.25, -0.2) is 4.79 Å². The molecular weight excluding hydrogens is 169 g/mol. The minimum Gasteiger partial charge on any atom is -0.476 e. The van der Waals surface area contributed by atoms with E-state index >= 15 is 0 Å². The zero-order valence-corrected chi connectivity index (χ0v) is 5.79. The lowest BCUT2D eigenvalue weighted by Gasteiger charge is -2.07. The van der Waals surface area contributed by atoms with Crippen molar-refractivity contribution >= 4 is 22.2 Å². The Bertz CT molecular complexity index is 177. The average molecular weight is 174 g/mol. The smallest absolute Gasteiger partial charge is 0.409 e. The monoisotopic (exact) mass is 174 g/mol. The summed E-state index contributed by atoms with van der Waals surface area (Å²) in [5.74, 6) is -2.43. The molecule has 0 radical (unpaired) electrons. The molecule has 6 heteroatoms. The highest BCUT2D eigenvalue weighted by Gasteiger charge is 2.43. The number of carboxylic acids is 1. The Labute approximate surface area is 57.9 Å². The number of aliphatic carboxylic acids is 1. The third-order valence-corrected chi connectivity index (χ3v) is 1.78. The highest BCUT2D eigenvalue weighted by molar-refractivity contribution is 8.12. The van der Waals surface area contributed by atoms with Crippen molar-refractivity contribution in [2.45, 2.75) is 12.2 Å². The Balaban J connectivity index is 4.56. The molecular formula is C4H5F3O2S. The van der Waals surface area contributed by atoms with E-state index in [-0.39, 0.29) is 0 Å². The molecule has 0 fully saturated rings. The van der Waals surface area contributed by atoms with Crippen molar-refractivity contribution < 1.29 is 22.6 Å². The van der Waals surface area contributed by atoms with Gasteiger partial charge < -0.3 is 5.11 Å². The summed E-state index contributed by atoms with van der Waals surface area (Å²) < 4.78 is 35.9. The summed E-state index contributed by atoms with van der Waals surface area (Å²) in [6, 6.07) is 0. The number of carbonyl (C=O) groups is 1. The van der Waals surface area contributed by atoms with Crippen molar-refractivity contribution in [1.29, 1.82) is 0 Å². The van der Waals surface area contributed by atoms with Crippen LogP contribution in [0.2, 0.25) is 0 Å². The summed E-state index contributed by atoms with van der Waals surface area (Å²) in [6.07, 6.45) is 0. The van der Waals surface area contributed by atoms with Crippen LogP contribution >= 0.6 is 10.9 Å². The third kappa shape index (κ3) is 1.73. The maximum atomic E-state index is 12.0. The van der Waals surface area contributed by atoms with Gasteiger partial charge in [0.2, 0.25) is 0 Å². The van der Waals surface area contributed by atoms with E-state index in [1.165, 1.54) is 0 Å². The second-order valence-electron chi connectivity index (χ2n) is 1.34. The topological polar surface area (TPSA) is 37.3 Å². The maximum absolute atomic E-state index is 12.0. The Kier molecular flexibility index (Phi) is 2.89. The first-order valence-electron chi connectivity index (χ1n) is 2.23. The van der Waals surface area contributed by atoms with Crippen LogP contribution in [0.5, 0.6) is 0 Å². The number of hydrogen-bond acceptors (Lipinski definition) is 1. The summed E-state index contributed by atoms with van der Waals surface area (Å²) in [7, 11) is -2.98. The average Bonchev–Trinajstić information content (AvgIpc) is 1.86. The molecule has 0 saturated heterocycles. The van der Waals surface area contributed by atoms with E-state index in [0.717, 1.165) is 6.92 Å². The van der Waals surface area contributed by atoms with Crippen LogP contribution in [0.4, 0.5) is 12.7 Å². The van der Waals surface area contributed by atoms with E-state index in [1.807, 2.05) is 0 Å². The number of alkyl halides is 2. The van der Waals surface area contributed by atoms with E-state index in [1.54, 1.807) is 0 Å². The molecule has 0 spiro atoms. The van der Waals surface area contributed by atoms with Gasteiger partial charge in [-0.3, -0.25) is 0 Å². The fourth-order valence-electron chi connectivity index (χ4n) is 0.231. The standard InChI is InChI=1S/C4H5F3O2S/c1-2-10(7)4(5,6)3(8)9/h2H,1H3,(H,8,9). The summed E-state index contributed by atoms with van der Waals surface area (Å²) in [5.41, 5.74) is 0. The summed E-state index contributed by atoms with van der Waals surface area (Å²) in [6.45, 7) is 1.04. The molecule has 2 nitrogen and oxygen atoms in total. The van der Waals surface area contributed by atoms with E-state index < -0.39 is 22.1 Å². The van der Waals surface area contributed by atoms with E-state index in [9.17, 15) is 17.5 Å². The van der Waals surface area contributed by atoms with Gasteiger partial charge in [-0.05, 0) is 12.3 Å². The normalized spacial score (nSPS) is 15.2. The van der Waals surface area contributed by atoms with Gasteiger partial charge in [-0.2, -0.15) is 12.7 Å². The fourth-order valence-corrected chi connectivity index (χ4v) is 0.694. The molecule has 0 rings (SSSR count). The molecule has 0 aliphatic heterocycles. The lowest BCUT2D eigenvalue weighted by molar-refractivity contribution is -0.153. The Hall–Kier alpha value is -0.520. The van der Waals surface area contributed by atoms with Crippen molar-refractivity contribution in [2.75, 3.05) is 0 Å². The largest absolute Gasteiger partial charge is 0.476 e. The SMILES string of the molecule is C/C=S(/F)C(F)(F)C(=O)O. The van der Waals surface area contributed by atoms with Crippen LogP contribution < -0.4 is 0 Å². The molecule has 0 aromatic heterocycles. The molecule has 0 aromatic carbocycles. The molecule has 0 saturated carbocycles. The van der Waals surface area contributed by atoms with Crippen molar-refractivity contribution in [3.8, 4) is 0 Å². The van der Waals surface area contributed by atoms with Crippen LogP contribution in [0.25, 0.3) is 0 Å². The van der Waals surface area contributed by atoms with Crippen molar-refractivity contribution in [1.82, 2.24) is 0 Å². The van der Waals surface area contributed by atoms with Gasteiger partial charge in [0.15, 0.2) is 0 Å². The third-order valence-electron chi connectivity index (χ3n) is 0.701. The highest BCUT2D eigenvalue weighted by Crippen LogP contribution is 2.36. The molecule has 1 unspecified atom stereocenters.